The van der Waals surface area contributed by atoms with Gasteiger partial charge in [-0.15, -0.1) is 0 Å². The van der Waals surface area contributed by atoms with Gasteiger partial charge in [0, 0.05) is 13.1 Å². The van der Waals surface area contributed by atoms with Crippen molar-refractivity contribution < 1.29 is 4.74 Å². The molecule has 0 N–H and O–H groups in total. The quantitative estimate of drug-likeness (QED) is 0.689. The van der Waals surface area contributed by atoms with Crippen LogP contribution in [-0.4, -0.2) is 24.1 Å². The van der Waals surface area contributed by atoms with E-state index < -0.39 is 0 Å². The Labute approximate surface area is 107 Å². The Morgan fingerprint density at radius 3 is 2.41 bits per heavy atom. The molecule has 1 heterocycles. The summed E-state index contributed by atoms with van der Waals surface area (Å²) < 4.78 is 5.70. The van der Waals surface area contributed by atoms with Gasteiger partial charge in [-0.1, -0.05) is 20.8 Å². The maximum atomic E-state index is 5.70. The monoisotopic (exact) mass is 239 g/mol. The molecule has 0 saturated carbocycles. The highest BCUT2D eigenvalue weighted by Gasteiger charge is 2.27. The van der Waals surface area contributed by atoms with Gasteiger partial charge in [0.05, 0.1) is 6.10 Å². The first-order chi connectivity index (χ1) is 7.80. The number of hydrogen-bond donors (Lipinski definition) is 0. The van der Waals surface area contributed by atoms with E-state index in [1.54, 1.807) is 0 Å². The first-order valence-electron chi connectivity index (χ1n) is 6.91. The molecule has 1 saturated heterocycles. The van der Waals surface area contributed by atoms with E-state index in [1.807, 2.05) is 0 Å². The Balaban J connectivity index is 2.50. The zero-order chi connectivity index (χ0) is 13.1. The van der Waals surface area contributed by atoms with Gasteiger partial charge >= 0.3 is 0 Å². The summed E-state index contributed by atoms with van der Waals surface area (Å²) in [7, 11) is 0. The van der Waals surface area contributed by atoms with Crippen molar-refractivity contribution in [2.24, 2.45) is 11.3 Å². The predicted molar refractivity (Wildman–Crippen MR) is 73.7 cm³/mol. The lowest BCUT2D eigenvalue weighted by Crippen LogP contribution is -2.27. The molecule has 1 rings (SSSR count). The van der Waals surface area contributed by atoms with Crippen LogP contribution < -0.4 is 0 Å². The first-order valence-corrected chi connectivity index (χ1v) is 6.91. The molecule has 2 nitrogen and oxygen atoms in total. The molecule has 1 unspecified atom stereocenters. The van der Waals surface area contributed by atoms with Crippen molar-refractivity contribution in [2.75, 3.05) is 13.1 Å². The lowest BCUT2D eigenvalue weighted by atomic mass is 9.77. The molecule has 1 fully saturated rings. The normalized spacial score (nSPS) is 22.5. The van der Waals surface area contributed by atoms with Crippen LogP contribution in [0.3, 0.4) is 0 Å². The maximum Gasteiger partial charge on any atom is 0.182 e. The highest BCUT2D eigenvalue weighted by Crippen LogP contribution is 2.34. The van der Waals surface area contributed by atoms with E-state index in [-0.39, 0.29) is 6.10 Å². The van der Waals surface area contributed by atoms with Crippen LogP contribution in [0.15, 0.2) is 12.5 Å². The number of likely N-dealkylation sites (tertiary alicyclic amines) is 1. The number of nitrogens with zero attached hydrogens (tertiary/aromatic N) is 1. The van der Waals surface area contributed by atoms with E-state index in [1.165, 1.54) is 19.3 Å². The molecule has 0 aromatic heterocycles. The lowest BCUT2D eigenvalue weighted by Gasteiger charge is -2.30. The summed E-state index contributed by atoms with van der Waals surface area (Å²) in [6, 6.07) is 0. The zero-order valence-corrected chi connectivity index (χ0v) is 12.3. The topological polar surface area (TPSA) is 12.5 Å². The summed E-state index contributed by atoms with van der Waals surface area (Å²) in [5.74, 6) is 1.67. The Hall–Kier alpha value is -0.660. The molecule has 0 bridgehead atoms. The highest BCUT2D eigenvalue weighted by molar-refractivity contribution is 4.88. The maximum absolute atomic E-state index is 5.70. The van der Waals surface area contributed by atoms with Crippen LogP contribution in [0.25, 0.3) is 0 Å². The number of rotatable bonds is 3. The van der Waals surface area contributed by atoms with Gasteiger partial charge in [-0.05, 0) is 51.0 Å². The van der Waals surface area contributed by atoms with E-state index in [0.29, 0.717) is 5.41 Å². The van der Waals surface area contributed by atoms with Crippen LogP contribution in [0, 0.1) is 11.3 Å². The number of ether oxygens (including phenoxy) is 1. The minimum atomic E-state index is 0.226. The summed E-state index contributed by atoms with van der Waals surface area (Å²) >= 11 is 0. The van der Waals surface area contributed by atoms with Crippen molar-refractivity contribution in [3.05, 3.63) is 12.5 Å². The molecule has 2 heteroatoms. The summed E-state index contributed by atoms with van der Waals surface area (Å²) in [6.45, 7) is 17.4. The largest absolute Gasteiger partial charge is 0.477 e. The Morgan fingerprint density at radius 1 is 1.24 bits per heavy atom. The molecule has 100 valence electrons. The van der Waals surface area contributed by atoms with Gasteiger partial charge in [0.1, 0.15) is 0 Å². The summed E-state index contributed by atoms with van der Waals surface area (Å²) in [4.78, 5) is 2.31. The molecule has 0 aliphatic carbocycles. The van der Waals surface area contributed by atoms with Gasteiger partial charge in [0.15, 0.2) is 5.88 Å². The fourth-order valence-electron chi connectivity index (χ4n) is 2.56. The van der Waals surface area contributed by atoms with Crippen molar-refractivity contribution >= 4 is 0 Å². The third kappa shape index (κ3) is 4.61. The van der Waals surface area contributed by atoms with Crippen molar-refractivity contribution in [1.29, 1.82) is 0 Å². The van der Waals surface area contributed by atoms with Crippen molar-refractivity contribution in [3.8, 4) is 0 Å². The van der Waals surface area contributed by atoms with Crippen LogP contribution in [-0.2, 0) is 4.74 Å². The second-order valence-electron chi connectivity index (χ2n) is 6.54. The van der Waals surface area contributed by atoms with Crippen LogP contribution in [0.5, 0.6) is 0 Å². The molecule has 0 aromatic carbocycles. The fourth-order valence-corrected chi connectivity index (χ4v) is 2.56. The zero-order valence-electron chi connectivity index (χ0n) is 12.3. The molecule has 17 heavy (non-hydrogen) atoms. The van der Waals surface area contributed by atoms with E-state index in [4.69, 9.17) is 4.74 Å². The average Bonchev–Trinajstić information content (AvgIpc) is 2.40. The van der Waals surface area contributed by atoms with E-state index in [2.05, 4.69) is 46.1 Å². The van der Waals surface area contributed by atoms with Gasteiger partial charge in [-0.3, -0.25) is 0 Å². The van der Waals surface area contributed by atoms with Crippen LogP contribution >= 0.6 is 0 Å². The SMILES string of the molecule is C=C(OC(C)C)N1CCCC(C(C)(C)C)CC1. The smallest absolute Gasteiger partial charge is 0.182 e. The second-order valence-corrected chi connectivity index (χ2v) is 6.54. The molecular formula is C15H29NO. The molecular weight excluding hydrogens is 210 g/mol. The van der Waals surface area contributed by atoms with Gasteiger partial charge in [0.2, 0.25) is 0 Å². The van der Waals surface area contributed by atoms with E-state index in [0.717, 1.165) is 24.9 Å². The predicted octanol–water partition coefficient (Wildman–Crippen LogP) is 4.03. The van der Waals surface area contributed by atoms with E-state index in [9.17, 15) is 0 Å². The summed E-state index contributed by atoms with van der Waals surface area (Å²) in [6.07, 6.45) is 4.06. The highest BCUT2D eigenvalue weighted by atomic mass is 16.5. The minimum absolute atomic E-state index is 0.226. The molecule has 1 aliphatic rings. The molecule has 0 radical (unpaired) electrons. The average molecular weight is 239 g/mol. The fraction of sp³-hybridized carbons (Fsp3) is 0.867. The molecule has 0 amide bonds. The molecule has 0 aromatic rings. The van der Waals surface area contributed by atoms with Gasteiger partial charge in [-0.25, -0.2) is 0 Å². The third-order valence-electron chi connectivity index (χ3n) is 3.68. The van der Waals surface area contributed by atoms with Crippen LogP contribution in [0.2, 0.25) is 0 Å². The molecule has 1 atom stereocenters. The van der Waals surface area contributed by atoms with Crippen LogP contribution in [0.1, 0.15) is 53.9 Å². The standard InChI is InChI=1S/C15H29NO/c1-12(2)17-13(3)16-10-7-8-14(9-11-16)15(4,5)6/h12,14H,3,7-11H2,1-2,4-6H3. The van der Waals surface area contributed by atoms with Gasteiger partial charge in [0.25, 0.3) is 0 Å². The van der Waals surface area contributed by atoms with Crippen molar-refractivity contribution in [2.45, 2.75) is 60.0 Å². The Kier molecular flexibility index (Phi) is 4.91. The van der Waals surface area contributed by atoms with Crippen molar-refractivity contribution in [1.82, 2.24) is 4.90 Å². The second kappa shape index (κ2) is 5.79. The number of hydrogen-bond acceptors (Lipinski definition) is 2. The third-order valence-corrected chi connectivity index (χ3v) is 3.68. The van der Waals surface area contributed by atoms with Crippen LogP contribution in [0.4, 0.5) is 0 Å². The Morgan fingerprint density at radius 2 is 1.88 bits per heavy atom. The Bertz CT molecular complexity index is 252. The lowest BCUT2D eigenvalue weighted by molar-refractivity contribution is 0.0718. The molecule has 0 spiro atoms. The van der Waals surface area contributed by atoms with E-state index >= 15 is 0 Å². The first kappa shape index (κ1) is 14.4. The van der Waals surface area contributed by atoms with Crippen molar-refractivity contribution in [3.63, 3.8) is 0 Å². The summed E-state index contributed by atoms with van der Waals surface area (Å²) in [5, 5.41) is 0. The molecule has 1 aliphatic heterocycles. The van der Waals surface area contributed by atoms with Gasteiger partial charge < -0.3 is 9.64 Å². The minimum Gasteiger partial charge on any atom is -0.477 e. The summed E-state index contributed by atoms with van der Waals surface area (Å²) in [5.41, 5.74) is 0.427. The van der Waals surface area contributed by atoms with Gasteiger partial charge in [-0.2, -0.15) is 0 Å².